The molecule has 0 spiro atoms. The van der Waals surface area contributed by atoms with Gasteiger partial charge < -0.3 is 5.32 Å². The first-order valence-corrected chi connectivity index (χ1v) is 8.83. The van der Waals surface area contributed by atoms with E-state index < -0.39 is 0 Å². The van der Waals surface area contributed by atoms with Crippen molar-refractivity contribution in [3.63, 3.8) is 0 Å². The maximum Gasteiger partial charge on any atom is 0.233 e. The quantitative estimate of drug-likeness (QED) is 0.616. The molecule has 128 valence electrons. The highest BCUT2D eigenvalue weighted by atomic mass is 32.2. The van der Waals surface area contributed by atoms with Crippen molar-refractivity contribution in [1.82, 2.24) is 14.5 Å². The molecule has 4 N–H and O–H groups in total. The monoisotopic (exact) mass is 354 g/mol. The fraction of sp³-hybridized carbons (Fsp3) is 0.176. The minimum atomic E-state index is 0.769. The van der Waals surface area contributed by atoms with Crippen molar-refractivity contribution >= 4 is 29.3 Å². The summed E-state index contributed by atoms with van der Waals surface area (Å²) in [5.74, 6) is 2.88. The van der Waals surface area contributed by atoms with Gasteiger partial charge in [0.2, 0.25) is 11.7 Å². The molecular formula is C17H20N7S+. The summed E-state index contributed by atoms with van der Waals surface area (Å²) in [6, 6.07) is 10.4. The summed E-state index contributed by atoms with van der Waals surface area (Å²) in [5.41, 5.74) is 2.13. The molecule has 0 radical (unpaired) electrons. The summed E-state index contributed by atoms with van der Waals surface area (Å²) >= 11 is 1.69. The zero-order valence-electron chi connectivity index (χ0n) is 14.1. The highest BCUT2D eigenvalue weighted by molar-refractivity contribution is 7.97. The molecule has 8 heteroatoms. The van der Waals surface area contributed by atoms with E-state index in [1.165, 1.54) is 4.90 Å². The Labute approximate surface area is 150 Å². The van der Waals surface area contributed by atoms with Crippen LogP contribution in [0.2, 0.25) is 0 Å². The number of aromatic nitrogens is 2. The molecule has 0 saturated carbocycles. The van der Waals surface area contributed by atoms with E-state index in [9.17, 15) is 0 Å². The number of anilines is 2. The molecule has 1 aromatic heterocycles. The molecule has 1 unspecified atom stereocenters. The Balaban J connectivity index is 1.55. The fourth-order valence-electron chi connectivity index (χ4n) is 2.74. The molecule has 0 aliphatic carbocycles. The zero-order chi connectivity index (χ0) is 17.2. The van der Waals surface area contributed by atoms with E-state index in [-0.39, 0.29) is 0 Å². The molecule has 2 aromatic rings. The van der Waals surface area contributed by atoms with Gasteiger partial charge in [0.05, 0.1) is 12.4 Å². The molecule has 25 heavy (non-hydrogen) atoms. The van der Waals surface area contributed by atoms with Crippen molar-refractivity contribution in [3.8, 4) is 0 Å². The SMILES string of the molecule is CNc1ccc(SN2C=C(Nc3cc(C)[nH]n3)[NH+]3C=CN=C3C2)cc1. The van der Waals surface area contributed by atoms with Crippen LogP contribution in [0.4, 0.5) is 11.5 Å². The third kappa shape index (κ3) is 3.40. The number of nitrogens with zero attached hydrogens (tertiary/aromatic N) is 3. The van der Waals surface area contributed by atoms with Gasteiger partial charge in [-0.15, -0.1) is 0 Å². The van der Waals surface area contributed by atoms with Gasteiger partial charge in [-0.3, -0.25) is 14.7 Å². The Kier molecular flexibility index (Phi) is 4.21. The lowest BCUT2D eigenvalue weighted by Crippen LogP contribution is -3.10. The van der Waals surface area contributed by atoms with Crippen molar-refractivity contribution < 1.29 is 4.90 Å². The number of hydrogen-bond donors (Lipinski definition) is 4. The summed E-state index contributed by atoms with van der Waals surface area (Å²) < 4.78 is 2.19. The van der Waals surface area contributed by atoms with E-state index in [2.05, 4.69) is 60.6 Å². The highest BCUT2D eigenvalue weighted by Gasteiger charge is 2.31. The molecule has 3 heterocycles. The summed E-state index contributed by atoms with van der Waals surface area (Å²) in [6.45, 7) is 2.76. The standard InChI is InChI=1S/C17H19N7S/c1-12-9-15(22-21-12)20-17-11-23(10-16-19-7-8-24(16)17)25-14-5-3-13(18-2)4-6-14/h3-9,11,18H,10H2,1-2H3,(H2,20,21,22)/p+1. The first kappa shape index (κ1) is 15.8. The van der Waals surface area contributed by atoms with Crippen LogP contribution in [0.3, 0.4) is 0 Å². The van der Waals surface area contributed by atoms with Crippen LogP contribution in [0.1, 0.15) is 5.69 Å². The first-order valence-electron chi connectivity index (χ1n) is 8.05. The van der Waals surface area contributed by atoms with Gasteiger partial charge in [0, 0.05) is 29.4 Å². The number of benzene rings is 1. The lowest BCUT2D eigenvalue weighted by Gasteiger charge is -2.27. The van der Waals surface area contributed by atoms with Crippen molar-refractivity contribution in [2.45, 2.75) is 11.8 Å². The number of amidine groups is 1. The maximum atomic E-state index is 4.50. The van der Waals surface area contributed by atoms with Crippen LogP contribution >= 0.6 is 11.9 Å². The molecule has 1 aromatic carbocycles. The second-order valence-electron chi connectivity index (χ2n) is 5.85. The third-order valence-electron chi connectivity index (χ3n) is 3.99. The average Bonchev–Trinajstić information content (AvgIpc) is 3.24. The van der Waals surface area contributed by atoms with Gasteiger partial charge in [-0.05, 0) is 43.1 Å². The summed E-state index contributed by atoms with van der Waals surface area (Å²) in [6.07, 6.45) is 6.01. The first-order chi connectivity index (χ1) is 12.2. The number of aromatic amines is 1. The molecule has 2 aliphatic rings. The molecule has 1 atom stereocenters. The van der Waals surface area contributed by atoms with E-state index in [4.69, 9.17) is 0 Å². The highest BCUT2D eigenvalue weighted by Crippen LogP contribution is 2.26. The lowest BCUT2D eigenvalue weighted by atomic mass is 10.3. The topological polar surface area (TPSA) is 72.8 Å². The van der Waals surface area contributed by atoms with E-state index in [0.29, 0.717) is 0 Å². The van der Waals surface area contributed by atoms with Gasteiger partial charge in [-0.1, -0.05) is 0 Å². The van der Waals surface area contributed by atoms with Crippen LogP contribution in [0.25, 0.3) is 0 Å². The number of aryl methyl sites for hydroxylation is 1. The van der Waals surface area contributed by atoms with E-state index in [0.717, 1.165) is 40.3 Å². The Morgan fingerprint density at radius 1 is 1.28 bits per heavy atom. The molecule has 0 amide bonds. The van der Waals surface area contributed by atoms with Crippen LogP contribution in [0.15, 0.2) is 64.6 Å². The van der Waals surface area contributed by atoms with E-state index in [1.54, 1.807) is 11.9 Å². The number of aliphatic imine (C=N–C) groups is 1. The van der Waals surface area contributed by atoms with Gasteiger partial charge in [-0.2, -0.15) is 5.10 Å². The third-order valence-corrected chi connectivity index (χ3v) is 4.94. The van der Waals surface area contributed by atoms with Crippen molar-refractivity contribution in [2.75, 3.05) is 24.2 Å². The van der Waals surface area contributed by atoms with Crippen LogP contribution in [0, 0.1) is 6.92 Å². The zero-order valence-corrected chi connectivity index (χ0v) is 14.9. The number of nitrogens with one attached hydrogen (secondary N) is 4. The summed E-state index contributed by atoms with van der Waals surface area (Å²) in [4.78, 5) is 6.81. The van der Waals surface area contributed by atoms with Gasteiger partial charge in [-0.25, -0.2) is 9.89 Å². The molecule has 0 bridgehead atoms. The maximum absolute atomic E-state index is 4.50. The number of H-pyrrole nitrogens is 1. The van der Waals surface area contributed by atoms with E-state index in [1.807, 2.05) is 32.4 Å². The second-order valence-corrected chi connectivity index (χ2v) is 6.97. The number of rotatable bonds is 5. The lowest BCUT2D eigenvalue weighted by molar-refractivity contribution is -0.699. The van der Waals surface area contributed by atoms with Gasteiger partial charge >= 0.3 is 0 Å². The molecule has 7 nitrogen and oxygen atoms in total. The molecule has 0 fully saturated rings. The van der Waals surface area contributed by atoms with Crippen molar-refractivity contribution in [1.29, 1.82) is 0 Å². The number of hydrogen-bond acceptors (Lipinski definition) is 6. The number of fused-ring (bicyclic) bond motifs is 1. The van der Waals surface area contributed by atoms with Crippen LogP contribution < -0.4 is 15.5 Å². The van der Waals surface area contributed by atoms with Gasteiger partial charge in [0.25, 0.3) is 0 Å². The fourth-order valence-corrected chi connectivity index (χ4v) is 3.62. The van der Waals surface area contributed by atoms with Crippen LogP contribution in [0.5, 0.6) is 0 Å². The number of quaternary nitrogens is 1. The Hall–Kier alpha value is -2.71. The predicted molar refractivity (Wildman–Crippen MR) is 101 cm³/mol. The van der Waals surface area contributed by atoms with Crippen molar-refractivity contribution in [2.24, 2.45) is 4.99 Å². The molecule has 4 rings (SSSR count). The largest absolute Gasteiger partial charge is 0.388 e. The van der Waals surface area contributed by atoms with Crippen molar-refractivity contribution in [3.05, 3.63) is 60.4 Å². The Bertz CT molecular complexity index is 850. The normalized spacial score (nSPS) is 18.6. The Morgan fingerprint density at radius 2 is 2.12 bits per heavy atom. The van der Waals surface area contributed by atoms with Gasteiger partial charge in [0.1, 0.15) is 12.7 Å². The minimum absolute atomic E-state index is 0.769. The average molecular weight is 354 g/mol. The summed E-state index contributed by atoms with van der Waals surface area (Å²) in [7, 11) is 1.92. The minimum Gasteiger partial charge on any atom is -0.388 e. The summed E-state index contributed by atoms with van der Waals surface area (Å²) in [5, 5.41) is 13.8. The molecule has 2 aliphatic heterocycles. The second kappa shape index (κ2) is 6.66. The van der Waals surface area contributed by atoms with Crippen LogP contribution in [-0.2, 0) is 0 Å². The Morgan fingerprint density at radius 3 is 2.84 bits per heavy atom. The molecule has 0 saturated heterocycles. The van der Waals surface area contributed by atoms with Crippen LogP contribution in [-0.4, -0.2) is 33.9 Å². The predicted octanol–water partition coefficient (Wildman–Crippen LogP) is 1.76. The smallest absolute Gasteiger partial charge is 0.233 e. The van der Waals surface area contributed by atoms with Gasteiger partial charge in [0.15, 0.2) is 5.82 Å². The van der Waals surface area contributed by atoms with E-state index >= 15 is 0 Å². The molecular weight excluding hydrogens is 334 g/mol.